The summed E-state index contributed by atoms with van der Waals surface area (Å²) in [4.78, 5) is 14.4. The molecule has 19 heavy (non-hydrogen) atoms. The van der Waals surface area contributed by atoms with Gasteiger partial charge in [0.05, 0.1) is 5.54 Å². The molecule has 0 radical (unpaired) electrons. The molecule has 0 spiro atoms. The van der Waals surface area contributed by atoms with Crippen LogP contribution in [0.15, 0.2) is 0 Å². The van der Waals surface area contributed by atoms with Gasteiger partial charge in [-0.15, -0.1) is 24.8 Å². The summed E-state index contributed by atoms with van der Waals surface area (Å²) in [6.45, 7) is 4.34. The fraction of sp³-hybridized carbons (Fsp3) is 0.923. The third kappa shape index (κ3) is 5.46. The monoisotopic (exact) mass is 311 g/mol. The molecule has 1 heterocycles. The molecule has 1 aliphatic carbocycles. The number of nitrogens with one attached hydrogen (secondary N) is 1. The van der Waals surface area contributed by atoms with Gasteiger partial charge in [0.1, 0.15) is 0 Å². The number of amides is 1. The number of hydrogen-bond acceptors (Lipinski definition) is 3. The first-order valence-corrected chi connectivity index (χ1v) is 7.00. The Morgan fingerprint density at radius 2 is 1.68 bits per heavy atom. The van der Waals surface area contributed by atoms with Crippen molar-refractivity contribution in [2.45, 2.75) is 50.5 Å². The smallest absolute Gasteiger partial charge is 0.240 e. The Balaban J connectivity index is 0.00000162. The topological polar surface area (TPSA) is 58.4 Å². The molecule has 0 aromatic rings. The number of nitrogens with two attached hydrogens (primary N) is 1. The molecule has 0 aromatic carbocycles. The van der Waals surface area contributed by atoms with E-state index in [2.05, 4.69) is 10.2 Å². The van der Waals surface area contributed by atoms with Gasteiger partial charge in [-0.3, -0.25) is 4.79 Å². The Bertz CT molecular complexity index is 265. The number of nitrogens with zero attached hydrogens (tertiary/aromatic N) is 1. The van der Waals surface area contributed by atoms with E-state index in [0.29, 0.717) is 0 Å². The second-order valence-corrected chi connectivity index (χ2v) is 5.52. The van der Waals surface area contributed by atoms with Crippen molar-refractivity contribution in [1.82, 2.24) is 10.2 Å². The van der Waals surface area contributed by atoms with Crippen LogP contribution in [0.2, 0.25) is 0 Å². The van der Waals surface area contributed by atoms with Crippen molar-refractivity contribution in [3.63, 3.8) is 0 Å². The molecule has 0 bridgehead atoms. The van der Waals surface area contributed by atoms with Crippen LogP contribution < -0.4 is 11.1 Å². The third-order valence-electron chi connectivity index (χ3n) is 4.08. The van der Waals surface area contributed by atoms with E-state index in [1.807, 2.05) is 0 Å². The van der Waals surface area contributed by atoms with E-state index >= 15 is 0 Å². The zero-order valence-electron chi connectivity index (χ0n) is 11.5. The molecule has 6 heteroatoms. The minimum absolute atomic E-state index is 0. The summed E-state index contributed by atoms with van der Waals surface area (Å²) in [5, 5.41) is 3.00. The number of likely N-dealkylation sites (tertiary alicyclic amines) is 1. The van der Waals surface area contributed by atoms with Crippen molar-refractivity contribution in [2.24, 2.45) is 5.73 Å². The van der Waals surface area contributed by atoms with Crippen LogP contribution in [0.25, 0.3) is 0 Å². The van der Waals surface area contributed by atoms with Crippen molar-refractivity contribution in [3.8, 4) is 0 Å². The van der Waals surface area contributed by atoms with Crippen LogP contribution in [-0.2, 0) is 4.79 Å². The Labute approximate surface area is 128 Å². The molecule has 2 aliphatic rings. The SMILES string of the molecule is Cl.Cl.NC1(C(=O)NCCCN2CCCC2)CCCC1. The van der Waals surface area contributed by atoms with Crippen LogP contribution in [0, 0.1) is 0 Å². The second-order valence-electron chi connectivity index (χ2n) is 5.52. The van der Waals surface area contributed by atoms with Crippen molar-refractivity contribution >= 4 is 30.7 Å². The molecule has 1 amide bonds. The summed E-state index contributed by atoms with van der Waals surface area (Å²) in [5.41, 5.74) is 5.52. The van der Waals surface area contributed by atoms with Gasteiger partial charge in [-0.05, 0) is 51.7 Å². The van der Waals surface area contributed by atoms with Crippen LogP contribution in [0.4, 0.5) is 0 Å². The van der Waals surface area contributed by atoms with Gasteiger partial charge < -0.3 is 16.0 Å². The lowest BCUT2D eigenvalue weighted by atomic mass is 9.98. The summed E-state index contributed by atoms with van der Waals surface area (Å²) in [7, 11) is 0. The van der Waals surface area contributed by atoms with Gasteiger partial charge >= 0.3 is 0 Å². The van der Waals surface area contributed by atoms with Gasteiger partial charge in [-0.1, -0.05) is 12.8 Å². The van der Waals surface area contributed by atoms with Crippen LogP contribution in [-0.4, -0.2) is 42.5 Å². The van der Waals surface area contributed by atoms with Gasteiger partial charge in [-0.25, -0.2) is 0 Å². The van der Waals surface area contributed by atoms with Crippen LogP contribution in [0.3, 0.4) is 0 Å². The van der Waals surface area contributed by atoms with E-state index < -0.39 is 5.54 Å². The highest BCUT2D eigenvalue weighted by Crippen LogP contribution is 2.27. The molecule has 0 atom stereocenters. The summed E-state index contributed by atoms with van der Waals surface area (Å²) < 4.78 is 0. The zero-order chi connectivity index (χ0) is 12.1. The van der Waals surface area contributed by atoms with E-state index in [0.717, 1.165) is 45.2 Å². The minimum Gasteiger partial charge on any atom is -0.354 e. The molecule has 1 aliphatic heterocycles. The van der Waals surface area contributed by atoms with Crippen molar-refractivity contribution in [1.29, 1.82) is 0 Å². The number of rotatable bonds is 5. The number of halogens is 2. The lowest BCUT2D eigenvalue weighted by molar-refractivity contribution is -0.126. The lowest BCUT2D eigenvalue weighted by Gasteiger charge is -2.22. The van der Waals surface area contributed by atoms with Crippen molar-refractivity contribution < 1.29 is 4.79 Å². The summed E-state index contributed by atoms with van der Waals surface area (Å²) in [6.07, 6.45) is 7.60. The first-order valence-electron chi connectivity index (χ1n) is 7.00. The Morgan fingerprint density at radius 3 is 2.26 bits per heavy atom. The van der Waals surface area contributed by atoms with E-state index in [1.165, 1.54) is 25.9 Å². The van der Waals surface area contributed by atoms with Crippen LogP contribution in [0.1, 0.15) is 44.9 Å². The summed E-state index contributed by atoms with van der Waals surface area (Å²) >= 11 is 0. The van der Waals surface area contributed by atoms with Crippen molar-refractivity contribution in [3.05, 3.63) is 0 Å². The molecule has 3 N–H and O–H groups in total. The fourth-order valence-corrected chi connectivity index (χ4v) is 2.92. The van der Waals surface area contributed by atoms with E-state index in [4.69, 9.17) is 5.73 Å². The first-order chi connectivity index (χ1) is 8.21. The summed E-state index contributed by atoms with van der Waals surface area (Å²) in [5.74, 6) is 0.0661. The first kappa shape index (κ1) is 19.0. The maximum atomic E-state index is 11.9. The molecule has 1 saturated carbocycles. The van der Waals surface area contributed by atoms with Crippen molar-refractivity contribution in [2.75, 3.05) is 26.2 Å². The second kappa shape index (κ2) is 9.01. The average Bonchev–Trinajstić information content (AvgIpc) is 2.96. The van der Waals surface area contributed by atoms with Gasteiger partial charge in [-0.2, -0.15) is 0 Å². The lowest BCUT2D eigenvalue weighted by Crippen LogP contribution is -2.52. The van der Waals surface area contributed by atoms with E-state index in [-0.39, 0.29) is 30.7 Å². The minimum atomic E-state index is -0.562. The third-order valence-corrected chi connectivity index (χ3v) is 4.08. The quantitative estimate of drug-likeness (QED) is 0.760. The molecule has 2 fully saturated rings. The highest BCUT2D eigenvalue weighted by atomic mass is 35.5. The molecule has 0 unspecified atom stereocenters. The number of carbonyl (C=O) groups excluding carboxylic acids is 1. The van der Waals surface area contributed by atoms with E-state index in [1.54, 1.807) is 0 Å². The predicted molar refractivity (Wildman–Crippen MR) is 83.2 cm³/mol. The molecule has 4 nitrogen and oxygen atoms in total. The van der Waals surface area contributed by atoms with E-state index in [9.17, 15) is 4.79 Å². The molecule has 0 aromatic heterocycles. The standard InChI is InChI=1S/C13H25N3O.2ClH/c14-13(6-1-2-7-13)12(17)15-8-5-11-16-9-3-4-10-16;;/h1-11,14H2,(H,15,17);2*1H. The largest absolute Gasteiger partial charge is 0.354 e. The Kier molecular flexibility index (Phi) is 8.99. The number of hydrogen-bond donors (Lipinski definition) is 2. The maximum Gasteiger partial charge on any atom is 0.240 e. The average molecular weight is 312 g/mol. The molecular formula is C13H27Cl2N3O. The Morgan fingerprint density at radius 1 is 1.11 bits per heavy atom. The highest BCUT2D eigenvalue weighted by Gasteiger charge is 2.36. The predicted octanol–water partition coefficient (Wildman–Crippen LogP) is 1.70. The number of carbonyl (C=O) groups is 1. The fourth-order valence-electron chi connectivity index (χ4n) is 2.92. The van der Waals surface area contributed by atoms with Gasteiger partial charge in [0.25, 0.3) is 0 Å². The van der Waals surface area contributed by atoms with Crippen LogP contribution in [0.5, 0.6) is 0 Å². The van der Waals surface area contributed by atoms with Crippen LogP contribution >= 0.6 is 24.8 Å². The highest BCUT2D eigenvalue weighted by molar-refractivity contribution is 5.86. The van der Waals surface area contributed by atoms with Gasteiger partial charge in [0, 0.05) is 6.54 Å². The van der Waals surface area contributed by atoms with Gasteiger partial charge in [0.2, 0.25) is 5.91 Å². The molecule has 1 saturated heterocycles. The normalized spacial score (nSPS) is 21.5. The molecule has 114 valence electrons. The Hall–Kier alpha value is -0.0300. The molecule has 2 rings (SSSR count). The van der Waals surface area contributed by atoms with Gasteiger partial charge in [0.15, 0.2) is 0 Å². The maximum absolute atomic E-state index is 11.9. The summed E-state index contributed by atoms with van der Waals surface area (Å²) in [6, 6.07) is 0. The molecular weight excluding hydrogens is 285 g/mol. The zero-order valence-corrected chi connectivity index (χ0v) is 13.2.